The van der Waals surface area contributed by atoms with Gasteiger partial charge in [-0.05, 0) is 36.4 Å². The maximum absolute atomic E-state index is 13.4. The van der Waals surface area contributed by atoms with Crippen LogP contribution in [0.4, 0.5) is 37.8 Å². The third kappa shape index (κ3) is 4.40. The third-order valence-corrected chi connectivity index (χ3v) is 4.45. The van der Waals surface area contributed by atoms with E-state index in [2.05, 4.69) is 30.5 Å². The number of anilines is 2. The molecule has 13 heteroatoms. The molecule has 0 amide bonds. The number of hydrogen-bond acceptors (Lipinski definition) is 6. The van der Waals surface area contributed by atoms with Gasteiger partial charge in [0.25, 0.3) is 0 Å². The fourth-order valence-corrected chi connectivity index (χ4v) is 2.96. The Morgan fingerprint density at radius 3 is 2.28 bits per heavy atom. The molecule has 0 atom stereocenters. The van der Waals surface area contributed by atoms with Crippen LogP contribution >= 0.6 is 11.6 Å². The van der Waals surface area contributed by atoms with Gasteiger partial charge in [0.2, 0.25) is 0 Å². The first-order valence-electron chi connectivity index (χ1n) is 8.69. The molecule has 0 radical (unpaired) electrons. The smallest absolute Gasteiger partial charge is 0.340 e. The van der Waals surface area contributed by atoms with Crippen LogP contribution in [0.5, 0.6) is 0 Å². The van der Waals surface area contributed by atoms with Crippen molar-refractivity contribution in [1.82, 2.24) is 25.1 Å². The Balaban J connectivity index is 1.71. The standard InChI is InChI=1S/C19H9ClF6N6/c20-14-7-11(19(24,25)26)16(32-31-14)13-3-2-10-12(5-6-27-17(10)30-13)29-15-4-1-9(8-28-15)18(21,22)23/h1-8H,(H,27,28,29,30). The summed E-state index contributed by atoms with van der Waals surface area (Å²) in [5.74, 6) is 0.123. The number of nitrogens with one attached hydrogen (secondary N) is 1. The lowest BCUT2D eigenvalue weighted by Crippen LogP contribution is -2.10. The third-order valence-electron chi connectivity index (χ3n) is 4.27. The number of aromatic nitrogens is 5. The van der Waals surface area contributed by atoms with Gasteiger partial charge in [0, 0.05) is 17.8 Å². The highest BCUT2D eigenvalue weighted by atomic mass is 35.5. The molecule has 6 nitrogen and oxygen atoms in total. The number of hydrogen-bond donors (Lipinski definition) is 1. The summed E-state index contributed by atoms with van der Waals surface area (Å²) in [5.41, 5.74) is -2.20. The van der Waals surface area contributed by atoms with Crippen molar-refractivity contribution in [2.24, 2.45) is 0 Å². The zero-order valence-electron chi connectivity index (χ0n) is 15.5. The molecular weight excluding hydrogens is 462 g/mol. The van der Waals surface area contributed by atoms with Gasteiger partial charge in [-0.2, -0.15) is 26.3 Å². The number of pyridine rings is 3. The van der Waals surface area contributed by atoms with Gasteiger partial charge in [-0.15, -0.1) is 10.2 Å². The first-order chi connectivity index (χ1) is 15.0. The van der Waals surface area contributed by atoms with E-state index < -0.39 is 34.3 Å². The lowest BCUT2D eigenvalue weighted by atomic mass is 10.1. The molecule has 0 saturated heterocycles. The van der Waals surface area contributed by atoms with Crippen LogP contribution in [-0.2, 0) is 12.4 Å². The van der Waals surface area contributed by atoms with Crippen LogP contribution in [0.1, 0.15) is 11.1 Å². The Morgan fingerprint density at radius 2 is 1.62 bits per heavy atom. The van der Waals surface area contributed by atoms with Gasteiger partial charge >= 0.3 is 12.4 Å². The lowest BCUT2D eigenvalue weighted by Gasteiger charge is -2.13. The Kier molecular flexibility index (Phi) is 5.33. The molecule has 0 spiro atoms. The summed E-state index contributed by atoms with van der Waals surface area (Å²) >= 11 is 5.55. The van der Waals surface area contributed by atoms with Crippen molar-refractivity contribution < 1.29 is 26.3 Å². The second-order valence-electron chi connectivity index (χ2n) is 6.41. The van der Waals surface area contributed by atoms with Crippen molar-refractivity contribution in [3.8, 4) is 11.4 Å². The van der Waals surface area contributed by atoms with Crippen molar-refractivity contribution >= 4 is 34.1 Å². The van der Waals surface area contributed by atoms with Crippen molar-refractivity contribution in [3.63, 3.8) is 0 Å². The molecule has 0 saturated carbocycles. The van der Waals surface area contributed by atoms with E-state index in [0.29, 0.717) is 23.3 Å². The van der Waals surface area contributed by atoms with E-state index in [1.807, 2.05) is 0 Å². The van der Waals surface area contributed by atoms with E-state index in [1.54, 1.807) is 0 Å². The van der Waals surface area contributed by atoms with E-state index in [1.165, 1.54) is 24.4 Å². The largest absolute Gasteiger partial charge is 0.418 e. The minimum atomic E-state index is -4.74. The second kappa shape index (κ2) is 7.86. The Labute approximate surface area is 180 Å². The normalized spacial score (nSPS) is 12.2. The molecule has 0 aliphatic heterocycles. The summed E-state index contributed by atoms with van der Waals surface area (Å²) in [6.45, 7) is 0. The number of halogens is 7. The summed E-state index contributed by atoms with van der Waals surface area (Å²) < 4.78 is 78.2. The van der Waals surface area contributed by atoms with Crippen LogP contribution in [0, 0.1) is 0 Å². The van der Waals surface area contributed by atoms with Crippen molar-refractivity contribution in [2.75, 3.05) is 5.32 Å². The van der Waals surface area contributed by atoms with Crippen LogP contribution in [0.3, 0.4) is 0 Å². The predicted octanol–water partition coefficient (Wildman–Crippen LogP) is 5.92. The molecule has 0 aliphatic rings. The van der Waals surface area contributed by atoms with Gasteiger partial charge in [0.05, 0.1) is 22.5 Å². The van der Waals surface area contributed by atoms with Gasteiger partial charge < -0.3 is 5.32 Å². The predicted molar refractivity (Wildman–Crippen MR) is 103 cm³/mol. The minimum Gasteiger partial charge on any atom is -0.340 e. The average molecular weight is 471 g/mol. The highest BCUT2D eigenvalue weighted by molar-refractivity contribution is 6.29. The van der Waals surface area contributed by atoms with Gasteiger partial charge in [0.1, 0.15) is 11.5 Å². The van der Waals surface area contributed by atoms with Crippen LogP contribution < -0.4 is 5.32 Å². The van der Waals surface area contributed by atoms with Crippen molar-refractivity contribution in [1.29, 1.82) is 0 Å². The summed E-state index contributed by atoms with van der Waals surface area (Å²) in [4.78, 5) is 11.9. The van der Waals surface area contributed by atoms with E-state index in [0.717, 1.165) is 12.1 Å². The van der Waals surface area contributed by atoms with E-state index >= 15 is 0 Å². The number of nitrogens with zero attached hydrogens (tertiary/aromatic N) is 5. The molecule has 0 aromatic carbocycles. The summed E-state index contributed by atoms with van der Waals surface area (Å²) in [7, 11) is 0. The van der Waals surface area contributed by atoms with Crippen LogP contribution in [0.25, 0.3) is 22.4 Å². The van der Waals surface area contributed by atoms with E-state index in [9.17, 15) is 26.3 Å². The highest BCUT2D eigenvalue weighted by Crippen LogP contribution is 2.37. The molecule has 0 aliphatic carbocycles. The second-order valence-corrected chi connectivity index (χ2v) is 6.80. The fraction of sp³-hybridized carbons (Fsp3) is 0.105. The zero-order valence-corrected chi connectivity index (χ0v) is 16.3. The SMILES string of the molecule is FC(F)(F)c1ccc(Nc2ccnc3nc(-c4nnc(Cl)cc4C(F)(F)F)ccc23)nc1. The number of alkyl halides is 6. The van der Waals surface area contributed by atoms with Gasteiger partial charge in [-0.3, -0.25) is 0 Å². The Hall–Kier alpha value is -3.54. The molecular formula is C19H9ClF6N6. The monoisotopic (exact) mass is 470 g/mol. The molecule has 4 rings (SSSR count). The number of fused-ring (bicyclic) bond motifs is 1. The molecule has 0 fully saturated rings. The van der Waals surface area contributed by atoms with Gasteiger partial charge in [0.15, 0.2) is 10.8 Å². The Morgan fingerprint density at radius 1 is 0.844 bits per heavy atom. The van der Waals surface area contributed by atoms with Crippen molar-refractivity contribution in [3.05, 3.63) is 65.1 Å². The molecule has 0 bridgehead atoms. The first-order valence-corrected chi connectivity index (χ1v) is 9.07. The molecule has 4 heterocycles. The molecule has 164 valence electrons. The topological polar surface area (TPSA) is 76.5 Å². The molecule has 32 heavy (non-hydrogen) atoms. The maximum atomic E-state index is 13.4. The van der Waals surface area contributed by atoms with Gasteiger partial charge in [-0.1, -0.05) is 11.6 Å². The quantitative estimate of drug-likeness (QED) is 0.375. The average Bonchev–Trinajstić information content (AvgIpc) is 2.73. The van der Waals surface area contributed by atoms with Crippen LogP contribution in [-0.4, -0.2) is 25.1 Å². The summed E-state index contributed by atoms with van der Waals surface area (Å²) in [6.07, 6.45) is -7.24. The zero-order chi connectivity index (χ0) is 23.1. The van der Waals surface area contributed by atoms with Gasteiger partial charge in [-0.25, -0.2) is 15.0 Å². The first kappa shape index (κ1) is 21.7. The molecule has 4 aromatic rings. The number of rotatable bonds is 3. The maximum Gasteiger partial charge on any atom is 0.418 e. The molecule has 1 N–H and O–H groups in total. The van der Waals surface area contributed by atoms with E-state index in [4.69, 9.17) is 11.6 Å². The Bertz CT molecular complexity index is 1290. The van der Waals surface area contributed by atoms with Crippen LogP contribution in [0.2, 0.25) is 5.15 Å². The molecule has 0 unspecified atom stereocenters. The summed E-state index contributed by atoms with van der Waals surface area (Å²) in [6, 6.07) is 6.93. The minimum absolute atomic E-state index is 0.0734. The fourth-order valence-electron chi connectivity index (χ4n) is 2.82. The van der Waals surface area contributed by atoms with E-state index in [-0.39, 0.29) is 17.2 Å². The summed E-state index contributed by atoms with van der Waals surface area (Å²) in [5, 5.41) is 9.81. The molecule has 4 aromatic heterocycles. The highest BCUT2D eigenvalue weighted by Gasteiger charge is 2.36. The lowest BCUT2D eigenvalue weighted by molar-refractivity contribution is -0.138. The van der Waals surface area contributed by atoms with Crippen LogP contribution in [0.15, 0.2) is 48.8 Å². The van der Waals surface area contributed by atoms with Crippen molar-refractivity contribution in [2.45, 2.75) is 12.4 Å².